The van der Waals surface area contributed by atoms with Crippen LogP contribution in [-0.4, -0.2) is 16.1 Å². The van der Waals surface area contributed by atoms with Crippen LogP contribution in [0.4, 0.5) is 0 Å². The van der Waals surface area contributed by atoms with E-state index in [-0.39, 0.29) is 11.7 Å². The van der Waals surface area contributed by atoms with Gasteiger partial charge in [-0.3, -0.25) is 4.98 Å². The van der Waals surface area contributed by atoms with Crippen LogP contribution in [0.1, 0.15) is 10.4 Å². The van der Waals surface area contributed by atoms with Crippen molar-refractivity contribution in [2.45, 2.75) is 0 Å². The third kappa shape index (κ3) is 1.83. The third-order valence-electron chi connectivity index (χ3n) is 0.908. The van der Waals surface area contributed by atoms with Crippen molar-refractivity contribution in [3.63, 3.8) is 0 Å². The van der Waals surface area contributed by atoms with Gasteiger partial charge >= 0.3 is 5.97 Å². The van der Waals surface area contributed by atoms with Crippen molar-refractivity contribution in [2.24, 2.45) is 0 Å². The number of carbonyl (C=O) groups is 1. The average Bonchev–Trinajstić information content (AvgIpc) is 1.90. The summed E-state index contributed by atoms with van der Waals surface area (Å²) in [6, 6.07) is 3.08. The highest BCUT2D eigenvalue weighted by Crippen LogP contribution is 1.92. The Hall–Kier alpha value is -1.42. The minimum absolute atomic E-state index is 0. The van der Waals surface area contributed by atoms with Crippen LogP contribution in [0.15, 0.2) is 24.5 Å². The Labute approximate surface area is 58.1 Å². The molecule has 0 atom stereocenters. The van der Waals surface area contributed by atoms with E-state index in [1.807, 2.05) is 0 Å². The summed E-state index contributed by atoms with van der Waals surface area (Å²) in [7, 11) is 0. The van der Waals surface area contributed by atoms with E-state index < -0.39 is 5.97 Å². The van der Waals surface area contributed by atoms with Gasteiger partial charge in [0.05, 0.1) is 5.56 Å². The summed E-state index contributed by atoms with van der Waals surface area (Å²) in [5.74, 6) is -0.942. The number of aromatic nitrogens is 1. The SMILES string of the molecule is N.O=C(O)c1cccnc1. The minimum atomic E-state index is -0.942. The van der Waals surface area contributed by atoms with Crippen molar-refractivity contribution < 1.29 is 9.90 Å². The van der Waals surface area contributed by atoms with Crippen molar-refractivity contribution in [2.75, 3.05) is 0 Å². The molecule has 0 fully saturated rings. The highest BCUT2D eigenvalue weighted by atomic mass is 16.4. The van der Waals surface area contributed by atoms with Gasteiger partial charge in [-0.25, -0.2) is 4.79 Å². The standard InChI is InChI=1S/C6H5NO2.H3N/c8-6(9)5-2-1-3-7-4-5;/h1-4H,(H,8,9);1H3. The van der Waals surface area contributed by atoms with Crippen LogP contribution in [0.5, 0.6) is 0 Å². The molecular formula is C6H8N2O2. The van der Waals surface area contributed by atoms with Crippen LogP contribution < -0.4 is 6.15 Å². The first kappa shape index (κ1) is 8.58. The molecule has 0 aromatic carbocycles. The average molecular weight is 140 g/mol. The lowest BCUT2D eigenvalue weighted by molar-refractivity contribution is 0.0696. The smallest absolute Gasteiger partial charge is 0.337 e. The Morgan fingerprint density at radius 3 is 2.60 bits per heavy atom. The van der Waals surface area contributed by atoms with Gasteiger partial charge in [-0.1, -0.05) is 0 Å². The number of nitrogens with zero attached hydrogens (tertiary/aromatic N) is 1. The highest BCUT2D eigenvalue weighted by Gasteiger charge is 1.97. The van der Waals surface area contributed by atoms with Gasteiger partial charge in [0.2, 0.25) is 0 Å². The molecule has 0 aliphatic rings. The number of hydrogen-bond donors (Lipinski definition) is 2. The largest absolute Gasteiger partial charge is 0.478 e. The molecule has 54 valence electrons. The molecule has 0 aliphatic carbocycles. The Morgan fingerprint density at radius 2 is 2.30 bits per heavy atom. The second kappa shape index (κ2) is 3.58. The Morgan fingerprint density at radius 1 is 1.60 bits per heavy atom. The van der Waals surface area contributed by atoms with Crippen LogP contribution in [0.2, 0.25) is 0 Å². The number of hydrogen-bond acceptors (Lipinski definition) is 3. The van der Waals surface area contributed by atoms with Crippen molar-refractivity contribution >= 4 is 5.97 Å². The molecule has 0 saturated carbocycles. The summed E-state index contributed by atoms with van der Waals surface area (Å²) in [5.41, 5.74) is 0.220. The third-order valence-corrected chi connectivity index (χ3v) is 0.908. The van der Waals surface area contributed by atoms with E-state index in [1.54, 1.807) is 6.07 Å². The second-order valence-electron chi connectivity index (χ2n) is 1.55. The van der Waals surface area contributed by atoms with Crippen LogP contribution >= 0.6 is 0 Å². The maximum atomic E-state index is 10.2. The molecule has 10 heavy (non-hydrogen) atoms. The predicted octanol–water partition coefficient (Wildman–Crippen LogP) is 0.942. The number of carboxylic acids is 1. The summed E-state index contributed by atoms with van der Waals surface area (Å²) in [5, 5.41) is 8.34. The molecule has 0 unspecified atom stereocenters. The molecule has 1 aromatic rings. The zero-order valence-electron chi connectivity index (χ0n) is 5.32. The van der Waals surface area contributed by atoms with E-state index in [0.717, 1.165) is 0 Å². The number of aromatic carboxylic acids is 1. The molecule has 0 bridgehead atoms. The zero-order chi connectivity index (χ0) is 6.69. The van der Waals surface area contributed by atoms with E-state index in [0.29, 0.717) is 0 Å². The van der Waals surface area contributed by atoms with Gasteiger partial charge in [0.15, 0.2) is 0 Å². The molecule has 4 N–H and O–H groups in total. The van der Waals surface area contributed by atoms with Gasteiger partial charge in [0.1, 0.15) is 0 Å². The molecule has 1 heterocycles. The number of pyridine rings is 1. The molecule has 0 spiro atoms. The minimum Gasteiger partial charge on any atom is -0.478 e. The molecular weight excluding hydrogens is 132 g/mol. The van der Waals surface area contributed by atoms with E-state index in [1.165, 1.54) is 18.5 Å². The summed E-state index contributed by atoms with van der Waals surface area (Å²) in [6.45, 7) is 0. The quantitative estimate of drug-likeness (QED) is 0.607. The summed E-state index contributed by atoms with van der Waals surface area (Å²) >= 11 is 0. The van der Waals surface area contributed by atoms with E-state index in [9.17, 15) is 4.79 Å². The molecule has 4 heteroatoms. The Bertz CT molecular complexity index is 210. The first-order valence-corrected chi connectivity index (χ1v) is 2.44. The fourth-order valence-corrected chi connectivity index (χ4v) is 0.489. The molecule has 1 aromatic heterocycles. The van der Waals surface area contributed by atoms with Crippen molar-refractivity contribution in [1.29, 1.82) is 0 Å². The maximum absolute atomic E-state index is 10.2. The lowest BCUT2D eigenvalue weighted by atomic mass is 10.3. The summed E-state index contributed by atoms with van der Waals surface area (Å²) in [6.07, 6.45) is 2.84. The van der Waals surface area contributed by atoms with Gasteiger partial charge in [0, 0.05) is 12.4 Å². The Balaban J connectivity index is 0.000000810. The fourth-order valence-electron chi connectivity index (χ4n) is 0.489. The molecule has 1 rings (SSSR count). The first-order chi connectivity index (χ1) is 4.30. The first-order valence-electron chi connectivity index (χ1n) is 2.44. The molecule has 4 nitrogen and oxygen atoms in total. The summed E-state index contributed by atoms with van der Waals surface area (Å²) in [4.78, 5) is 13.8. The molecule has 0 radical (unpaired) electrons. The lowest BCUT2D eigenvalue weighted by Crippen LogP contribution is -1.94. The van der Waals surface area contributed by atoms with Crippen LogP contribution in [0.3, 0.4) is 0 Å². The van der Waals surface area contributed by atoms with Gasteiger partial charge in [-0.15, -0.1) is 0 Å². The van der Waals surface area contributed by atoms with Gasteiger partial charge < -0.3 is 11.3 Å². The summed E-state index contributed by atoms with van der Waals surface area (Å²) < 4.78 is 0. The molecule has 0 saturated heterocycles. The van der Waals surface area contributed by atoms with Crippen LogP contribution in [0, 0.1) is 0 Å². The Kier molecular flexibility index (Phi) is 3.07. The second-order valence-corrected chi connectivity index (χ2v) is 1.55. The molecule has 0 aliphatic heterocycles. The van der Waals surface area contributed by atoms with Gasteiger partial charge in [0.25, 0.3) is 0 Å². The van der Waals surface area contributed by atoms with Crippen molar-refractivity contribution in [3.8, 4) is 0 Å². The van der Waals surface area contributed by atoms with Crippen molar-refractivity contribution in [3.05, 3.63) is 30.1 Å². The van der Waals surface area contributed by atoms with Crippen LogP contribution in [0.25, 0.3) is 0 Å². The van der Waals surface area contributed by atoms with Gasteiger partial charge in [-0.05, 0) is 12.1 Å². The monoisotopic (exact) mass is 140 g/mol. The highest BCUT2D eigenvalue weighted by molar-refractivity contribution is 5.86. The van der Waals surface area contributed by atoms with E-state index in [2.05, 4.69) is 4.98 Å². The van der Waals surface area contributed by atoms with Crippen LogP contribution in [-0.2, 0) is 0 Å². The van der Waals surface area contributed by atoms with E-state index >= 15 is 0 Å². The van der Waals surface area contributed by atoms with E-state index in [4.69, 9.17) is 5.11 Å². The van der Waals surface area contributed by atoms with Gasteiger partial charge in [-0.2, -0.15) is 0 Å². The predicted molar refractivity (Wildman–Crippen MR) is 36.2 cm³/mol. The normalized spacial score (nSPS) is 8.00. The zero-order valence-corrected chi connectivity index (χ0v) is 5.32. The maximum Gasteiger partial charge on any atom is 0.337 e. The fraction of sp³-hybridized carbons (Fsp3) is 0. The topological polar surface area (TPSA) is 85.2 Å². The number of carboxylic acid groups (broad SMARTS) is 1. The number of rotatable bonds is 1. The van der Waals surface area contributed by atoms with Crippen molar-refractivity contribution in [1.82, 2.24) is 11.1 Å². The molecule has 0 amide bonds. The lowest BCUT2D eigenvalue weighted by Gasteiger charge is -1.87.